The maximum atomic E-state index is 12.0. The Bertz CT molecular complexity index is 513. The lowest BCUT2D eigenvalue weighted by Crippen LogP contribution is -2.40. The number of phenolic OH excluding ortho intramolecular Hbond substituents is 1. The molecule has 1 aromatic rings. The van der Waals surface area contributed by atoms with Gasteiger partial charge in [-0.25, -0.2) is 4.79 Å². The van der Waals surface area contributed by atoms with E-state index in [9.17, 15) is 9.90 Å². The molecule has 5 heteroatoms. The summed E-state index contributed by atoms with van der Waals surface area (Å²) in [5.74, 6) is 0.357. The van der Waals surface area contributed by atoms with E-state index in [0.29, 0.717) is 31.9 Å². The number of likely N-dealkylation sites (N-methyl/N-ethyl adjacent to an activating group) is 1. The van der Waals surface area contributed by atoms with Crippen molar-refractivity contribution in [2.24, 2.45) is 0 Å². The summed E-state index contributed by atoms with van der Waals surface area (Å²) in [5, 5.41) is 13.1. The van der Waals surface area contributed by atoms with Gasteiger partial charge in [0, 0.05) is 26.2 Å². The minimum atomic E-state index is -0.473. The standard InChI is InChI=1S/C18H30N2O3/c1-7-20(17(22)23-18(4,5)6)9-8-19-12-15-10-13(2)16(21)14(3)11-15/h10-11,19,21H,7-9,12H2,1-6H3. The van der Waals surface area contributed by atoms with Crippen molar-refractivity contribution in [3.05, 3.63) is 28.8 Å². The predicted molar refractivity (Wildman–Crippen MR) is 92.8 cm³/mol. The van der Waals surface area contributed by atoms with Gasteiger partial charge < -0.3 is 20.1 Å². The van der Waals surface area contributed by atoms with Crippen molar-refractivity contribution in [3.8, 4) is 5.75 Å². The third-order valence-corrected chi connectivity index (χ3v) is 3.47. The van der Waals surface area contributed by atoms with Gasteiger partial charge >= 0.3 is 6.09 Å². The molecule has 0 bridgehead atoms. The van der Waals surface area contributed by atoms with Gasteiger partial charge in [0.05, 0.1) is 0 Å². The molecule has 0 heterocycles. The first-order valence-electron chi connectivity index (χ1n) is 8.11. The predicted octanol–water partition coefficient (Wildman–Crippen LogP) is 3.36. The summed E-state index contributed by atoms with van der Waals surface area (Å²) >= 11 is 0. The molecule has 1 aromatic carbocycles. The number of benzene rings is 1. The van der Waals surface area contributed by atoms with E-state index >= 15 is 0 Å². The molecule has 0 fully saturated rings. The third kappa shape index (κ3) is 6.48. The monoisotopic (exact) mass is 322 g/mol. The van der Waals surface area contributed by atoms with Crippen LogP contribution in [0.1, 0.15) is 44.4 Å². The first-order chi connectivity index (χ1) is 10.6. The average molecular weight is 322 g/mol. The smallest absolute Gasteiger partial charge is 0.410 e. The Labute approximate surface area is 139 Å². The van der Waals surface area contributed by atoms with Crippen LogP contribution in [0.3, 0.4) is 0 Å². The van der Waals surface area contributed by atoms with E-state index in [4.69, 9.17) is 4.74 Å². The van der Waals surface area contributed by atoms with Crippen LogP contribution in [0, 0.1) is 13.8 Å². The molecule has 0 spiro atoms. The molecule has 0 atom stereocenters. The van der Waals surface area contributed by atoms with Crippen molar-refractivity contribution in [1.29, 1.82) is 0 Å². The number of nitrogens with zero attached hydrogens (tertiary/aromatic N) is 1. The van der Waals surface area contributed by atoms with Crippen molar-refractivity contribution in [1.82, 2.24) is 10.2 Å². The zero-order valence-electron chi connectivity index (χ0n) is 15.2. The van der Waals surface area contributed by atoms with Gasteiger partial charge in [0.1, 0.15) is 11.4 Å². The molecule has 0 unspecified atom stereocenters. The zero-order chi connectivity index (χ0) is 17.6. The minimum absolute atomic E-state index is 0.280. The zero-order valence-corrected chi connectivity index (χ0v) is 15.2. The molecule has 0 radical (unpaired) electrons. The van der Waals surface area contributed by atoms with E-state index in [2.05, 4.69) is 5.32 Å². The molecule has 0 aliphatic rings. The number of rotatable bonds is 6. The lowest BCUT2D eigenvalue weighted by atomic mass is 10.1. The molecule has 0 saturated carbocycles. The molecule has 0 aliphatic carbocycles. The molecule has 5 nitrogen and oxygen atoms in total. The Kier molecular flexibility index (Phi) is 6.88. The summed E-state index contributed by atoms with van der Waals surface area (Å²) in [6, 6.07) is 3.95. The number of aromatic hydroxyl groups is 1. The van der Waals surface area contributed by atoms with Crippen LogP contribution in [0.5, 0.6) is 5.75 Å². The molecular formula is C18H30N2O3. The molecule has 130 valence electrons. The molecule has 23 heavy (non-hydrogen) atoms. The number of amides is 1. The Morgan fingerprint density at radius 1 is 1.26 bits per heavy atom. The molecule has 0 aromatic heterocycles. The quantitative estimate of drug-likeness (QED) is 0.788. The highest BCUT2D eigenvalue weighted by molar-refractivity contribution is 5.68. The fourth-order valence-corrected chi connectivity index (χ4v) is 2.30. The lowest BCUT2D eigenvalue weighted by Gasteiger charge is -2.26. The van der Waals surface area contributed by atoms with Gasteiger partial charge in [0.15, 0.2) is 0 Å². The highest BCUT2D eigenvalue weighted by Gasteiger charge is 2.20. The van der Waals surface area contributed by atoms with E-state index in [1.165, 1.54) is 0 Å². The van der Waals surface area contributed by atoms with Gasteiger partial charge in [-0.3, -0.25) is 0 Å². The molecular weight excluding hydrogens is 292 g/mol. The second-order valence-corrected chi connectivity index (χ2v) is 6.82. The number of nitrogens with one attached hydrogen (secondary N) is 1. The van der Waals surface area contributed by atoms with Gasteiger partial charge in [-0.15, -0.1) is 0 Å². The molecule has 1 amide bonds. The van der Waals surface area contributed by atoms with E-state index in [1.807, 2.05) is 53.7 Å². The van der Waals surface area contributed by atoms with Crippen LogP contribution < -0.4 is 5.32 Å². The highest BCUT2D eigenvalue weighted by atomic mass is 16.6. The minimum Gasteiger partial charge on any atom is -0.507 e. The van der Waals surface area contributed by atoms with Crippen LogP contribution in [0.2, 0.25) is 0 Å². The van der Waals surface area contributed by atoms with E-state index in [-0.39, 0.29) is 6.09 Å². The van der Waals surface area contributed by atoms with Crippen LogP contribution >= 0.6 is 0 Å². The highest BCUT2D eigenvalue weighted by Crippen LogP contribution is 2.22. The molecule has 0 aliphatic heterocycles. The Morgan fingerprint density at radius 3 is 2.30 bits per heavy atom. The summed E-state index contributed by atoms with van der Waals surface area (Å²) in [6.45, 7) is 13.9. The maximum absolute atomic E-state index is 12.0. The van der Waals surface area contributed by atoms with Crippen molar-refractivity contribution < 1.29 is 14.6 Å². The van der Waals surface area contributed by atoms with Crippen LogP contribution in [0.25, 0.3) is 0 Å². The Balaban J connectivity index is 2.45. The third-order valence-electron chi connectivity index (χ3n) is 3.47. The molecule has 1 rings (SSSR count). The fourth-order valence-electron chi connectivity index (χ4n) is 2.30. The van der Waals surface area contributed by atoms with E-state index in [1.54, 1.807) is 4.90 Å². The number of hydrogen-bond donors (Lipinski definition) is 2. The number of carbonyl (C=O) groups excluding carboxylic acids is 1. The summed E-state index contributed by atoms with van der Waals surface area (Å²) in [6.07, 6.45) is -0.280. The maximum Gasteiger partial charge on any atom is 0.410 e. The average Bonchev–Trinajstić information content (AvgIpc) is 2.42. The van der Waals surface area contributed by atoms with Crippen LogP contribution in [-0.2, 0) is 11.3 Å². The van der Waals surface area contributed by atoms with Gasteiger partial charge in [-0.1, -0.05) is 12.1 Å². The topological polar surface area (TPSA) is 61.8 Å². The number of phenols is 1. The molecule has 0 saturated heterocycles. The van der Waals surface area contributed by atoms with E-state index < -0.39 is 5.60 Å². The largest absolute Gasteiger partial charge is 0.507 e. The SMILES string of the molecule is CCN(CCNCc1cc(C)c(O)c(C)c1)C(=O)OC(C)(C)C. The number of carbonyl (C=O) groups is 1. The van der Waals surface area contributed by atoms with Gasteiger partial charge in [-0.05, 0) is 58.2 Å². The van der Waals surface area contributed by atoms with E-state index in [0.717, 1.165) is 16.7 Å². The van der Waals surface area contributed by atoms with Crippen molar-refractivity contribution in [2.75, 3.05) is 19.6 Å². The normalized spacial score (nSPS) is 11.4. The summed E-state index contributed by atoms with van der Waals surface area (Å²) in [4.78, 5) is 13.7. The van der Waals surface area contributed by atoms with Gasteiger partial charge in [0.25, 0.3) is 0 Å². The first-order valence-corrected chi connectivity index (χ1v) is 8.11. The van der Waals surface area contributed by atoms with Crippen molar-refractivity contribution in [3.63, 3.8) is 0 Å². The lowest BCUT2D eigenvalue weighted by molar-refractivity contribution is 0.0262. The van der Waals surface area contributed by atoms with Crippen molar-refractivity contribution >= 4 is 6.09 Å². The summed E-state index contributed by atoms with van der Waals surface area (Å²) in [5.41, 5.74) is 2.41. The number of aryl methyl sites for hydroxylation is 2. The van der Waals surface area contributed by atoms with Crippen LogP contribution in [0.4, 0.5) is 4.79 Å². The second-order valence-electron chi connectivity index (χ2n) is 6.82. The van der Waals surface area contributed by atoms with Crippen molar-refractivity contribution in [2.45, 2.75) is 53.7 Å². The molecule has 2 N–H and O–H groups in total. The Hall–Kier alpha value is -1.75. The van der Waals surface area contributed by atoms with Crippen LogP contribution in [0.15, 0.2) is 12.1 Å². The number of ether oxygens (including phenoxy) is 1. The summed E-state index contributed by atoms with van der Waals surface area (Å²) < 4.78 is 5.38. The first kappa shape index (κ1) is 19.3. The van der Waals surface area contributed by atoms with Gasteiger partial charge in [-0.2, -0.15) is 0 Å². The Morgan fingerprint density at radius 2 is 1.83 bits per heavy atom. The second kappa shape index (κ2) is 8.20. The van der Waals surface area contributed by atoms with Crippen LogP contribution in [-0.4, -0.2) is 41.3 Å². The van der Waals surface area contributed by atoms with Gasteiger partial charge in [0.2, 0.25) is 0 Å². The number of hydrogen-bond acceptors (Lipinski definition) is 4. The summed E-state index contributed by atoms with van der Waals surface area (Å²) in [7, 11) is 0. The fraction of sp³-hybridized carbons (Fsp3) is 0.611.